The van der Waals surface area contributed by atoms with Crippen LogP contribution in [-0.2, 0) is 4.79 Å². The molecule has 4 heteroatoms. The number of carboxylic acids is 1. The summed E-state index contributed by atoms with van der Waals surface area (Å²) >= 11 is 5.81. The largest absolute Gasteiger partial charge is 0.481 e. The van der Waals surface area contributed by atoms with Crippen LogP contribution in [0.1, 0.15) is 22.3 Å². The Morgan fingerprint density at radius 2 is 2.27 bits per heavy atom. The predicted molar refractivity (Wildman–Crippen MR) is 56.0 cm³/mol. The normalized spacial score (nSPS) is 8.87. The van der Waals surface area contributed by atoms with Crippen molar-refractivity contribution in [2.75, 3.05) is 0 Å². The van der Waals surface area contributed by atoms with E-state index in [1.54, 1.807) is 18.2 Å². The smallest absolute Gasteiger partial charge is 0.315 e. The Labute approximate surface area is 91.7 Å². The molecule has 0 amide bonds. The molecule has 0 saturated heterocycles. The summed E-state index contributed by atoms with van der Waals surface area (Å²) in [7, 11) is 0. The molecule has 3 nitrogen and oxygen atoms in total. The number of hydrogen-bond donors (Lipinski definition) is 1. The van der Waals surface area contributed by atoms with Gasteiger partial charge in [-0.15, -0.1) is 0 Å². The van der Waals surface area contributed by atoms with Gasteiger partial charge in [-0.3, -0.25) is 9.59 Å². The first-order valence-electron chi connectivity index (χ1n) is 4.09. The van der Waals surface area contributed by atoms with E-state index in [0.29, 0.717) is 22.4 Å². The zero-order chi connectivity index (χ0) is 11.3. The lowest BCUT2D eigenvalue weighted by molar-refractivity contribution is -0.135. The first-order valence-corrected chi connectivity index (χ1v) is 4.47. The van der Waals surface area contributed by atoms with Crippen molar-refractivity contribution < 1.29 is 14.7 Å². The number of hydrogen-bond acceptors (Lipinski definition) is 2. The molecule has 0 heterocycles. The van der Waals surface area contributed by atoms with Crippen LogP contribution in [0.25, 0.3) is 0 Å². The summed E-state index contributed by atoms with van der Waals surface area (Å²) in [5.74, 6) is 3.98. The van der Waals surface area contributed by atoms with Crippen LogP contribution >= 0.6 is 11.6 Å². The Morgan fingerprint density at radius 1 is 1.53 bits per heavy atom. The van der Waals surface area contributed by atoms with Crippen molar-refractivity contribution in [3.05, 3.63) is 34.3 Å². The van der Waals surface area contributed by atoms with Gasteiger partial charge in [0, 0.05) is 5.56 Å². The minimum Gasteiger partial charge on any atom is -0.481 e. The molecule has 0 atom stereocenters. The van der Waals surface area contributed by atoms with Gasteiger partial charge in [-0.1, -0.05) is 35.6 Å². The quantitative estimate of drug-likeness (QED) is 0.615. The highest BCUT2D eigenvalue weighted by atomic mass is 35.5. The molecule has 15 heavy (non-hydrogen) atoms. The van der Waals surface area contributed by atoms with E-state index in [2.05, 4.69) is 11.8 Å². The van der Waals surface area contributed by atoms with Crippen molar-refractivity contribution >= 4 is 23.9 Å². The first kappa shape index (κ1) is 11.3. The fraction of sp³-hybridized carbons (Fsp3) is 0.0909. The minimum atomic E-state index is -1.01. The van der Waals surface area contributed by atoms with Gasteiger partial charge in [0.2, 0.25) is 0 Å². The van der Waals surface area contributed by atoms with E-state index >= 15 is 0 Å². The summed E-state index contributed by atoms with van der Waals surface area (Å²) in [6, 6.07) is 4.80. The molecular formula is C11H7ClO3. The highest BCUT2D eigenvalue weighted by Gasteiger charge is 2.02. The van der Waals surface area contributed by atoms with E-state index in [9.17, 15) is 9.59 Å². The standard InChI is InChI=1S/C11H7ClO3/c12-10-5-1-3-8(7-13)9(10)4-2-6-11(14)15/h1,3,5,7H,6H2,(H,14,15). The Morgan fingerprint density at radius 3 is 2.87 bits per heavy atom. The van der Waals surface area contributed by atoms with E-state index in [4.69, 9.17) is 16.7 Å². The summed E-state index contributed by atoms with van der Waals surface area (Å²) in [6.07, 6.45) is 0.361. The number of aliphatic carboxylic acids is 1. The number of carboxylic acid groups (broad SMARTS) is 1. The third-order valence-corrected chi connectivity index (χ3v) is 1.94. The molecule has 0 saturated carbocycles. The highest BCUT2D eigenvalue weighted by Crippen LogP contribution is 2.17. The number of benzene rings is 1. The second kappa shape index (κ2) is 5.18. The van der Waals surface area contributed by atoms with Crippen molar-refractivity contribution in [2.24, 2.45) is 0 Å². The molecule has 0 radical (unpaired) electrons. The molecule has 0 aromatic heterocycles. The van der Waals surface area contributed by atoms with Gasteiger partial charge in [0.05, 0.1) is 10.6 Å². The van der Waals surface area contributed by atoms with Gasteiger partial charge in [0.25, 0.3) is 0 Å². The van der Waals surface area contributed by atoms with Crippen LogP contribution in [-0.4, -0.2) is 17.4 Å². The van der Waals surface area contributed by atoms with Crippen LogP contribution in [0.5, 0.6) is 0 Å². The maximum Gasteiger partial charge on any atom is 0.315 e. The SMILES string of the molecule is O=Cc1cccc(Cl)c1C#CCC(=O)O. The van der Waals surface area contributed by atoms with E-state index in [0.717, 1.165) is 0 Å². The average Bonchev–Trinajstić information content (AvgIpc) is 2.20. The number of halogens is 1. The summed E-state index contributed by atoms with van der Waals surface area (Å²) in [4.78, 5) is 20.9. The van der Waals surface area contributed by atoms with Crippen LogP contribution in [0.4, 0.5) is 0 Å². The average molecular weight is 223 g/mol. The van der Waals surface area contributed by atoms with Crippen molar-refractivity contribution in [2.45, 2.75) is 6.42 Å². The van der Waals surface area contributed by atoms with Crippen molar-refractivity contribution in [3.8, 4) is 11.8 Å². The van der Waals surface area contributed by atoms with Crippen LogP contribution in [0.15, 0.2) is 18.2 Å². The summed E-state index contributed by atoms with van der Waals surface area (Å²) < 4.78 is 0. The molecule has 1 aromatic rings. The Kier molecular flexibility index (Phi) is 3.90. The fourth-order valence-corrected chi connectivity index (χ4v) is 1.21. The van der Waals surface area contributed by atoms with Crippen molar-refractivity contribution in [3.63, 3.8) is 0 Å². The van der Waals surface area contributed by atoms with Crippen LogP contribution < -0.4 is 0 Å². The van der Waals surface area contributed by atoms with Gasteiger partial charge in [-0.25, -0.2) is 0 Å². The third kappa shape index (κ3) is 3.12. The molecule has 0 aliphatic rings. The van der Waals surface area contributed by atoms with Gasteiger partial charge in [0.1, 0.15) is 6.42 Å². The van der Waals surface area contributed by atoms with E-state index in [1.165, 1.54) is 0 Å². The molecule has 76 valence electrons. The highest BCUT2D eigenvalue weighted by molar-refractivity contribution is 6.32. The van der Waals surface area contributed by atoms with Gasteiger partial charge in [-0.2, -0.15) is 0 Å². The molecule has 0 unspecified atom stereocenters. The van der Waals surface area contributed by atoms with E-state index in [1.807, 2.05) is 0 Å². The zero-order valence-electron chi connectivity index (χ0n) is 7.66. The molecule has 1 aromatic carbocycles. The van der Waals surface area contributed by atoms with Gasteiger partial charge >= 0.3 is 5.97 Å². The molecule has 0 fully saturated rings. The van der Waals surface area contributed by atoms with Crippen molar-refractivity contribution in [1.29, 1.82) is 0 Å². The second-order valence-corrected chi connectivity index (χ2v) is 3.10. The summed E-state index contributed by atoms with van der Waals surface area (Å²) in [5.41, 5.74) is 0.732. The van der Waals surface area contributed by atoms with E-state index < -0.39 is 5.97 Å². The number of rotatable bonds is 2. The first-order chi connectivity index (χ1) is 7.15. The summed E-state index contributed by atoms with van der Waals surface area (Å²) in [5, 5.41) is 8.73. The second-order valence-electron chi connectivity index (χ2n) is 2.69. The van der Waals surface area contributed by atoms with Crippen molar-refractivity contribution in [1.82, 2.24) is 0 Å². The maximum absolute atomic E-state index is 10.6. The molecule has 0 aliphatic heterocycles. The lowest BCUT2D eigenvalue weighted by Gasteiger charge is -1.98. The molecule has 0 spiro atoms. The Balaban J connectivity index is 3.05. The number of carbonyl (C=O) groups excluding carboxylic acids is 1. The Bertz CT molecular complexity index is 455. The molecule has 1 rings (SSSR count). The molecule has 0 bridgehead atoms. The summed E-state index contributed by atoms with van der Waals surface area (Å²) in [6.45, 7) is 0. The fourth-order valence-electron chi connectivity index (χ4n) is 0.979. The topological polar surface area (TPSA) is 54.4 Å². The van der Waals surface area contributed by atoms with Gasteiger partial charge in [-0.05, 0) is 6.07 Å². The van der Waals surface area contributed by atoms with Gasteiger partial charge in [0.15, 0.2) is 6.29 Å². The van der Waals surface area contributed by atoms with Crippen LogP contribution in [0.3, 0.4) is 0 Å². The maximum atomic E-state index is 10.6. The van der Waals surface area contributed by atoms with Gasteiger partial charge < -0.3 is 5.11 Å². The number of carbonyl (C=O) groups is 2. The number of aldehydes is 1. The predicted octanol–water partition coefficient (Wildman–Crippen LogP) is 1.98. The van der Waals surface area contributed by atoms with E-state index in [-0.39, 0.29) is 6.42 Å². The minimum absolute atomic E-state index is 0.274. The molecule has 1 N–H and O–H groups in total. The third-order valence-electron chi connectivity index (χ3n) is 1.63. The lowest BCUT2D eigenvalue weighted by Crippen LogP contribution is -1.92. The van der Waals surface area contributed by atoms with Crippen LogP contribution in [0, 0.1) is 11.8 Å². The monoisotopic (exact) mass is 222 g/mol. The molecular weight excluding hydrogens is 216 g/mol. The molecule has 0 aliphatic carbocycles. The zero-order valence-corrected chi connectivity index (χ0v) is 8.41. The lowest BCUT2D eigenvalue weighted by atomic mass is 10.1. The Hall–Kier alpha value is -1.79. The van der Waals surface area contributed by atoms with Crippen LogP contribution in [0.2, 0.25) is 5.02 Å².